The molecule has 1 aromatic heterocycles. The van der Waals surface area contributed by atoms with Gasteiger partial charge < -0.3 is 0 Å². The molecule has 98 valence electrons. The Balaban J connectivity index is 2.62. The van der Waals surface area contributed by atoms with E-state index in [0.29, 0.717) is 4.68 Å². The van der Waals surface area contributed by atoms with Crippen LogP contribution in [0.15, 0.2) is 24.3 Å². The molecule has 0 saturated heterocycles. The molecular weight excluding hydrogens is 262 g/mol. The van der Waals surface area contributed by atoms with Crippen molar-refractivity contribution in [1.82, 2.24) is 9.78 Å². The Kier molecular flexibility index (Phi) is 2.75. The van der Waals surface area contributed by atoms with Gasteiger partial charge in [-0.3, -0.25) is 4.68 Å². The van der Waals surface area contributed by atoms with Crippen molar-refractivity contribution < 1.29 is 26.3 Å². The highest BCUT2D eigenvalue weighted by atomic mass is 19.4. The topological polar surface area (TPSA) is 17.8 Å². The number of aromatic nitrogens is 2. The van der Waals surface area contributed by atoms with Crippen LogP contribution in [0.3, 0.4) is 0 Å². The Hall–Kier alpha value is -1.73. The van der Waals surface area contributed by atoms with Crippen LogP contribution in [0.2, 0.25) is 0 Å². The number of hydrogen-bond donors (Lipinski definition) is 0. The van der Waals surface area contributed by atoms with Crippen molar-refractivity contribution in [3.05, 3.63) is 30.0 Å². The molecule has 2 rings (SSSR count). The summed E-state index contributed by atoms with van der Waals surface area (Å²) in [5.41, 5.74) is -1.50. The number of para-hydroxylation sites is 1. The third-order valence-corrected chi connectivity index (χ3v) is 2.26. The molecule has 0 fully saturated rings. The molecule has 8 heteroatoms. The molecule has 1 aromatic carbocycles. The number of hydrogen-bond acceptors (Lipinski definition) is 1. The first-order valence-corrected chi connectivity index (χ1v) is 4.78. The monoisotopic (exact) mass is 268 g/mol. The van der Waals surface area contributed by atoms with E-state index in [1.807, 2.05) is 0 Å². The van der Waals surface area contributed by atoms with Crippen molar-refractivity contribution >= 4 is 10.9 Å². The van der Waals surface area contributed by atoms with Gasteiger partial charge in [-0.15, -0.1) is 0 Å². The highest BCUT2D eigenvalue weighted by molar-refractivity contribution is 5.82. The standard InChI is InChI=1S/C10H6F6N2/c11-9(12,13)5-18-7-4-2-1-3-6(7)8(17-18)10(14,15)16/h1-4H,5H2. The van der Waals surface area contributed by atoms with Gasteiger partial charge in [0.15, 0.2) is 5.69 Å². The zero-order valence-corrected chi connectivity index (χ0v) is 8.68. The van der Waals surface area contributed by atoms with E-state index in [1.54, 1.807) is 0 Å². The van der Waals surface area contributed by atoms with Crippen molar-refractivity contribution in [2.24, 2.45) is 0 Å². The molecule has 0 bridgehead atoms. The molecule has 1 heterocycles. The molecule has 0 N–H and O–H groups in total. The van der Waals surface area contributed by atoms with E-state index in [4.69, 9.17) is 0 Å². The third-order valence-electron chi connectivity index (χ3n) is 2.26. The molecular formula is C10H6F6N2. The SMILES string of the molecule is FC(F)(F)Cn1nc(C(F)(F)F)c2ccccc21. The van der Waals surface area contributed by atoms with Crippen molar-refractivity contribution in [1.29, 1.82) is 0 Å². The smallest absolute Gasteiger partial charge is 0.255 e. The van der Waals surface area contributed by atoms with E-state index in [-0.39, 0.29) is 10.9 Å². The summed E-state index contributed by atoms with van der Waals surface area (Å²) >= 11 is 0. The molecule has 18 heavy (non-hydrogen) atoms. The van der Waals surface area contributed by atoms with E-state index in [1.165, 1.54) is 18.2 Å². The summed E-state index contributed by atoms with van der Waals surface area (Å²) in [7, 11) is 0. The zero-order valence-electron chi connectivity index (χ0n) is 8.68. The second kappa shape index (κ2) is 3.89. The summed E-state index contributed by atoms with van der Waals surface area (Å²) in [5.74, 6) is 0. The van der Waals surface area contributed by atoms with Crippen molar-refractivity contribution in [3.8, 4) is 0 Å². The lowest BCUT2D eigenvalue weighted by Crippen LogP contribution is -2.19. The summed E-state index contributed by atoms with van der Waals surface area (Å²) in [6.07, 6.45) is -9.41. The Labute approximate surface area is 96.8 Å². The Morgan fingerprint density at radius 2 is 1.61 bits per heavy atom. The molecule has 0 saturated carbocycles. The van der Waals surface area contributed by atoms with Crippen molar-refractivity contribution in [2.75, 3.05) is 0 Å². The van der Waals surface area contributed by atoms with E-state index < -0.39 is 24.6 Å². The van der Waals surface area contributed by atoms with Crippen LogP contribution in [0.1, 0.15) is 5.69 Å². The minimum atomic E-state index is -4.78. The van der Waals surface area contributed by atoms with Crippen LogP contribution in [-0.4, -0.2) is 16.0 Å². The molecule has 0 aliphatic heterocycles. The molecule has 0 unspecified atom stereocenters. The van der Waals surface area contributed by atoms with Gasteiger partial charge in [0.1, 0.15) is 6.54 Å². The van der Waals surface area contributed by atoms with Crippen LogP contribution in [0.4, 0.5) is 26.3 Å². The summed E-state index contributed by atoms with van der Waals surface area (Å²) in [5, 5.41) is 2.68. The second-order valence-corrected chi connectivity index (χ2v) is 3.64. The van der Waals surface area contributed by atoms with Crippen LogP contribution in [-0.2, 0) is 12.7 Å². The molecule has 0 amide bonds. The minimum absolute atomic E-state index is 0.192. The zero-order chi connectivity index (χ0) is 13.6. The van der Waals surface area contributed by atoms with Gasteiger partial charge in [0.25, 0.3) is 0 Å². The van der Waals surface area contributed by atoms with Gasteiger partial charge in [-0.25, -0.2) is 0 Å². The van der Waals surface area contributed by atoms with Crippen molar-refractivity contribution in [3.63, 3.8) is 0 Å². The van der Waals surface area contributed by atoms with Gasteiger partial charge in [-0.05, 0) is 6.07 Å². The first kappa shape index (κ1) is 12.7. The van der Waals surface area contributed by atoms with Gasteiger partial charge in [0.2, 0.25) is 0 Å². The summed E-state index contributed by atoms with van der Waals surface area (Å²) < 4.78 is 74.8. The molecule has 0 radical (unpaired) electrons. The average Bonchev–Trinajstić information content (AvgIpc) is 2.55. The Bertz CT molecular complexity index is 566. The highest BCUT2D eigenvalue weighted by Crippen LogP contribution is 2.34. The van der Waals surface area contributed by atoms with Gasteiger partial charge in [0.05, 0.1) is 5.52 Å². The average molecular weight is 268 g/mol. The van der Waals surface area contributed by atoms with Gasteiger partial charge in [-0.1, -0.05) is 18.2 Å². The molecule has 0 atom stereocenters. The quantitative estimate of drug-likeness (QED) is 0.722. The van der Waals surface area contributed by atoms with E-state index in [9.17, 15) is 26.3 Å². The van der Waals surface area contributed by atoms with Crippen LogP contribution in [0.5, 0.6) is 0 Å². The molecule has 0 aliphatic carbocycles. The predicted molar refractivity (Wildman–Crippen MR) is 50.8 cm³/mol. The predicted octanol–water partition coefficient (Wildman–Crippen LogP) is 3.62. The van der Waals surface area contributed by atoms with E-state index in [0.717, 1.165) is 6.07 Å². The van der Waals surface area contributed by atoms with E-state index in [2.05, 4.69) is 5.10 Å². The fraction of sp³-hybridized carbons (Fsp3) is 0.300. The number of halogens is 6. The van der Waals surface area contributed by atoms with E-state index >= 15 is 0 Å². The second-order valence-electron chi connectivity index (χ2n) is 3.64. The summed E-state index contributed by atoms with van der Waals surface area (Å²) in [4.78, 5) is 0. The minimum Gasteiger partial charge on any atom is -0.255 e. The molecule has 2 nitrogen and oxygen atoms in total. The number of nitrogens with zero attached hydrogens (tertiary/aromatic N) is 2. The fourth-order valence-corrected chi connectivity index (χ4v) is 1.63. The van der Waals surface area contributed by atoms with Crippen molar-refractivity contribution in [2.45, 2.75) is 18.9 Å². The number of benzene rings is 1. The van der Waals surface area contributed by atoms with Crippen LogP contribution < -0.4 is 0 Å². The first-order chi connectivity index (χ1) is 8.18. The first-order valence-electron chi connectivity index (χ1n) is 4.78. The lowest BCUT2D eigenvalue weighted by atomic mass is 10.2. The Morgan fingerprint density at radius 1 is 1.00 bits per heavy atom. The third kappa shape index (κ3) is 2.41. The van der Waals surface area contributed by atoms with Gasteiger partial charge in [-0.2, -0.15) is 31.4 Å². The lowest BCUT2D eigenvalue weighted by molar-refractivity contribution is -0.148. The maximum Gasteiger partial charge on any atom is 0.435 e. The highest BCUT2D eigenvalue weighted by Gasteiger charge is 2.38. The fourth-order valence-electron chi connectivity index (χ4n) is 1.63. The summed E-state index contributed by atoms with van der Waals surface area (Å²) in [6.45, 7) is -1.55. The molecule has 0 spiro atoms. The van der Waals surface area contributed by atoms with Gasteiger partial charge >= 0.3 is 12.4 Å². The summed E-state index contributed by atoms with van der Waals surface area (Å²) in [6, 6.07) is 4.94. The molecule has 0 aliphatic rings. The Morgan fingerprint density at radius 3 is 2.17 bits per heavy atom. The number of alkyl halides is 6. The lowest BCUT2D eigenvalue weighted by Gasteiger charge is -2.07. The normalized spacial score (nSPS) is 13.2. The molecule has 2 aromatic rings. The van der Waals surface area contributed by atoms with Crippen LogP contribution in [0, 0.1) is 0 Å². The maximum atomic E-state index is 12.6. The number of fused-ring (bicyclic) bond motifs is 1. The van der Waals surface area contributed by atoms with Gasteiger partial charge in [0, 0.05) is 5.39 Å². The van der Waals surface area contributed by atoms with Crippen LogP contribution >= 0.6 is 0 Å². The number of rotatable bonds is 1. The maximum absolute atomic E-state index is 12.6. The largest absolute Gasteiger partial charge is 0.435 e. The van der Waals surface area contributed by atoms with Crippen LogP contribution in [0.25, 0.3) is 10.9 Å².